The average Bonchev–Trinajstić information content (AvgIpc) is 3.09. The predicted octanol–water partition coefficient (Wildman–Crippen LogP) is 3.11. The summed E-state index contributed by atoms with van der Waals surface area (Å²) in [6.45, 7) is 6.21. The van der Waals surface area contributed by atoms with E-state index in [0.717, 1.165) is 37.0 Å². The van der Waals surface area contributed by atoms with E-state index in [1.165, 1.54) is 30.5 Å². The predicted molar refractivity (Wildman–Crippen MR) is 74.6 cm³/mol. The Morgan fingerprint density at radius 3 is 2.89 bits per heavy atom. The molecule has 102 valence electrons. The molecule has 1 saturated carbocycles. The number of hydrogen-bond acceptors (Lipinski definition) is 1. The van der Waals surface area contributed by atoms with Crippen molar-refractivity contribution in [3.05, 3.63) is 23.0 Å². The molecule has 1 fully saturated rings. The van der Waals surface area contributed by atoms with E-state index in [1.54, 1.807) is 0 Å². The average molecular weight is 258 g/mol. The molecule has 0 saturated heterocycles. The van der Waals surface area contributed by atoms with Gasteiger partial charge in [-0.15, -0.1) is 0 Å². The summed E-state index contributed by atoms with van der Waals surface area (Å²) in [4.78, 5) is 14.7. The fourth-order valence-electron chi connectivity index (χ4n) is 4.40. The Balaban J connectivity index is 1.75. The zero-order valence-corrected chi connectivity index (χ0v) is 11.9. The maximum atomic E-state index is 12.7. The third-order valence-electron chi connectivity index (χ3n) is 5.60. The van der Waals surface area contributed by atoms with Crippen LogP contribution in [0.1, 0.15) is 73.1 Å². The van der Waals surface area contributed by atoms with Gasteiger partial charge in [-0.1, -0.05) is 6.92 Å². The van der Waals surface area contributed by atoms with Gasteiger partial charge in [0.2, 0.25) is 0 Å². The van der Waals surface area contributed by atoms with Gasteiger partial charge in [-0.25, -0.2) is 0 Å². The number of rotatable bonds is 2. The van der Waals surface area contributed by atoms with Crippen molar-refractivity contribution in [2.24, 2.45) is 0 Å². The van der Waals surface area contributed by atoms with Gasteiger partial charge in [-0.2, -0.15) is 0 Å². The Morgan fingerprint density at radius 1 is 1.32 bits per heavy atom. The molecular weight excluding hydrogens is 236 g/mol. The van der Waals surface area contributed by atoms with Crippen LogP contribution in [0.25, 0.3) is 0 Å². The number of aromatic nitrogens is 1. The van der Waals surface area contributed by atoms with E-state index in [4.69, 9.17) is 0 Å². The first-order chi connectivity index (χ1) is 9.20. The molecule has 19 heavy (non-hydrogen) atoms. The molecule has 2 bridgehead atoms. The van der Waals surface area contributed by atoms with Crippen molar-refractivity contribution >= 4 is 5.91 Å². The van der Waals surface area contributed by atoms with Gasteiger partial charge in [-0.3, -0.25) is 4.79 Å². The van der Waals surface area contributed by atoms with E-state index >= 15 is 0 Å². The molecule has 1 aromatic heterocycles. The summed E-state index contributed by atoms with van der Waals surface area (Å²) in [5, 5.41) is 0. The van der Waals surface area contributed by atoms with E-state index in [-0.39, 0.29) is 5.91 Å². The van der Waals surface area contributed by atoms with Crippen molar-refractivity contribution in [2.75, 3.05) is 6.54 Å². The smallest absolute Gasteiger partial charge is 0.270 e. The molecule has 3 atom stereocenters. The Morgan fingerprint density at radius 2 is 2.11 bits per heavy atom. The molecule has 3 unspecified atom stereocenters. The largest absolute Gasteiger partial charge is 0.338 e. The molecule has 1 aliphatic heterocycles. The van der Waals surface area contributed by atoms with Crippen LogP contribution in [0.5, 0.6) is 0 Å². The van der Waals surface area contributed by atoms with Crippen molar-refractivity contribution < 1.29 is 4.79 Å². The van der Waals surface area contributed by atoms with Crippen molar-refractivity contribution in [2.45, 2.75) is 64.0 Å². The van der Waals surface area contributed by atoms with Crippen LogP contribution in [0.4, 0.5) is 0 Å². The van der Waals surface area contributed by atoms with E-state index in [1.807, 2.05) is 0 Å². The van der Waals surface area contributed by atoms with Gasteiger partial charge in [0.15, 0.2) is 0 Å². The summed E-state index contributed by atoms with van der Waals surface area (Å²) < 4.78 is 2.35. The molecular formula is C16H22N2O. The third kappa shape index (κ3) is 1.41. The summed E-state index contributed by atoms with van der Waals surface area (Å²) >= 11 is 0. The molecule has 0 radical (unpaired) electrons. The van der Waals surface area contributed by atoms with Crippen LogP contribution in [-0.2, 0) is 6.54 Å². The van der Waals surface area contributed by atoms with Crippen molar-refractivity contribution in [1.82, 2.24) is 9.47 Å². The Kier molecular flexibility index (Phi) is 2.36. The highest BCUT2D eigenvalue weighted by atomic mass is 16.2. The third-order valence-corrected chi connectivity index (χ3v) is 5.60. The van der Waals surface area contributed by atoms with Gasteiger partial charge in [0.1, 0.15) is 5.69 Å². The zero-order valence-electron chi connectivity index (χ0n) is 11.9. The summed E-state index contributed by atoms with van der Waals surface area (Å²) in [5.74, 6) is 1.76. The van der Waals surface area contributed by atoms with Gasteiger partial charge in [0.25, 0.3) is 5.91 Å². The summed E-state index contributed by atoms with van der Waals surface area (Å²) in [6.07, 6.45) is 5.06. The van der Waals surface area contributed by atoms with Crippen LogP contribution in [0.2, 0.25) is 0 Å². The maximum absolute atomic E-state index is 12.7. The first-order valence-corrected chi connectivity index (χ1v) is 7.75. The minimum absolute atomic E-state index is 0.259. The van der Waals surface area contributed by atoms with Crippen LogP contribution >= 0.6 is 0 Å². The number of nitrogens with zero attached hydrogens (tertiary/aromatic N) is 2. The molecule has 0 aromatic carbocycles. The normalized spacial score (nSPS) is 29.6. The van der Waals surface area contributed by atoms with Crippen molar-refractivity contribution in [1.29, 1.82) is 0 Å². The highest BCUT2D eigenvalue weighted by Gasteiger charge is 2.42. The summed E-state index contributed by atoms with van der Waals surface area (Å²) in [5.41, 5.74) is 3.99. The molecule has 2 heterocycles. The topological polar surface area (TPSA) is 25.2 Å². The second kappa shape index (κ2) is 3.87. The molecule has 1 amide bonds. The lowest BCUT2D eigenvalue weighted by atomic mass is 9.98. The number of carbonyl (C=O) groups is 1. The van der Waals surface area contributed by atoms with Gasteiger partial charge in [0.05, 0.1) is 0 Å². The highest BCUT2D eigenvalue weighted by Crippen LogP contribution is 2.54. The van der Waals surface area contributed by atoms with Crippen LogP contribution in [-0.4, -0.2) is 28.0 Å². The Bertz CT molecular complexity index is 545. The number of amides is 1. The standard InChI is InChI=1S/C16H22N2O/c1-3-10(2)17-6-7-18-14(16(17)19)9-13-11-4-5-12(8-11)15(13)18/h9-12H,3-8H2,1-2H3. The van der Waals surface area contributed by atoms with E-state index in [0.29, 0.717) is 6.04 Å². The monoisotopic (exact) mass is 258 g/mol. The summed E-state index contributed by atoms with van der Waals surface area (Å²) in [7, 11) is 0. The van der Waals surface area contributed by atoms with Crippen molar-refractivity contribution in [3.8, 4) is 0 Å². The second-order valence-corrected chi connectivity index (χ2v) is 6.48. The van der Waals surface area contributed by atoms with Crippen molar-refractivity contribution in [3.63, 3.8) is 0 Å². The van der Waals surface area contributed by atoms with Gasteiger partial charge < -0.3 is 9.47 Å². The molecule has 3 nitrogen and oxygen atoms in total. The SMILES string of the molecule is CCC(C)N1CCn2c(cc3c2C2CCC3C2)C1=O. The molecule has 0 N–H and O–H groups in total. The van der Waals surface area contributed by atoms with Crippen LogP contribution in [0, 0.1) is 0 Å². The fraction of sp³-hybridized carbons (Fsp3) is 0.688. The highest BCUT2D eigenvalue weighted by molar-refractivity contribution is 5.94. The fourth-order valence-corrected chi connectivity index (χ4v) is 4.40. The Labute approximate surface area is 114 Å². The number of carbonyl (C=O) groups excluding carboxylic acids is 1. The van der Waals surface area contributed by atoms with Gasteiger partial charge >= 0.3 is 0 Å². The first-order valence-electron chi connectivity index (χ1n) is 7.75. The molecule has 4 rings (SSSR count). The minimum atomic E-state index is 0.259. The quantitative estimate of drug-likeness (QED) is 0.800. The van der Waals surface area contributed by atoms with Gasteiger partial charge in [-0.05, 0) is 50.2 Å². The molecule has 1 aromatic rings. The Hall–Kier alpha value is -1.25. The number of hydrogen-bond donors (Lipinski definition) is 0. The van der Waals surface area contributed by atoms with Crippen LogP contribution in [0.15, 0.2) is 6.07 Å². The molecule has 3 heteroatoms. The van der Waals surface area contributed by atoms with Crippen LogP contribution < -0.4 is 0 Å². The zero-order chi connectivity index (χ0) is 13.1. The lowest BCUT2D eigenvalue weighted by molar-refractivity contribution is 0.0628. The van der Waals surface area contributed by atoms with Gasteiger partial charge in [0, 0.05) is 30.7 Å². The van der Waals surface area contributed by atoms with E-state index in [9.17, 15) is 4.79 Å². The second-order valence-electron chi connectivity index (χ2n) is 6.48. The lowest BCUT2D eigenvalue weighted by Crippen LogP contribution is -2.45. The van der Waals surface area contributed by atoms with E-state index < -0.39 is 0 Å². The molecule has 0 spiro atoms. The number of fused-ring (bicyclic) bond motifs is 7. The van der Waals surface area contributed by atoms with Crippen LogP contribution in [0.3, 0.4) is 0 Å². The minimum Gasteiger partial charge on any atom is -0.338 e. The summed E-state index contributed by atoms with van der Waals surface area (Å²) in [6, 6.07) is 2.58. The maximum Gasteiger partial charge on any atom is 0.270 e. The lowest BCUT2D eigenvalue weighted by Gasteiger charge is -2.34. The first kappa shape index (κ1) is 11.6. The molecule has 2 aliphatic carbocycles. The van der Waals surface area contributed by atoms with E-state index in [2.05, 4.69) is 29.4 Å². The molecule has 3 aliphatic rings.